The minimum Gasteiger partial charge on any atom is -0.394 e. The van der Waals surface area contributed by atoms with Crippen LogP contribution in [-0.4, -0.2) is 28.1 Å². The highest BCUT2D eigenvalue weighted by atomic mass is 16.3. The molecule has 1 heterocycles. The van der Waals surface area contributed by atoms with Crippen molar-refractivity contribution >= 4 is 5.91 Å². The van der Waals surface area contributed by atoms with E-state index in [2.05, 4.69) is 17.2 Å². The van der Waals surface area contributed by atoms with Gasteiger partial charge in [0.15, 0.2) is 0 Å². The molecule has 1 fully saturated rings. The number of hydrogen-bond donors (Lipinski definition) is 2. The lowest BCUT2D eigenvalue weighted by Crippen LogP contribution is -2.53. The molecule has 1 aromatic rings. The fourth-order valence-electron chi connectivity index (χ4n) is 2.55. The molecule has 0 bridgehead atoms. The van der Waals surface area contributed by atoms with Gasteiger partial charge in [0.2, 0.25) is 0 Å². The van der Waals surface area contributed by atoms with Crippen molar-refractivity contribution in [2.75, 3.05) is 6.61 Å². The summed E-state index contributed by atoms with van der Waals surface area (Å²) >= 11 is 0. The Morgan fingerprint density at radius 3 is 2.68 bits per heavy atom. The summed E-state index contributed by atoms with van der Waals surface area (Å²) in [6.45, 7) is 4.11. The molecule has 2 rings (SSSR count). The number of amides is 1. The van der Waals surface area contributed by atoms with E-state index in [0.717, 1.165) is 31.4 Å². The third-order valence-corrected chi connectivity index (χ3v) is 4.09. The van der Waals surface area contributed by atoms with Crippen LogP contribution in [0, 0.1) is 12.8 Å². The van der Waals surface area contributed by atoms with Gasteiger partial charge in [0.1, 0.15) is 0 Å². The summed E-state index contributed by atoms with van der Waals surface area (Å²) in [6, 6.07) is 3.59. The smallest absolute Gasteiger partial charge is 0.253 e. The lowest BCUT2D eigenvalue weighted by Gasteiger charge is -2.38. The first-order valence-corrected chi connectivity index (χ1v) is 6.91. The molecule has 0 aromatic carbocycles. The fourth-order valence-corrected chi connectivity index (χ4v) is 2.55. The Hall–Kier alpha value is -1.42. The van der Waals surface area contributed by atoms with Gasteiger partial charge in [-0.05, 0) is 50.7 Å². The third-order valence-electron chi connectivity index (χ3n) is 4.09. The molecule has 0 atom stereocenters. The zero-order valence-electron chi connectivity index (χ0n) is 11.6. The van der Waals surface area contributed by atoms with Crippen molar-refractivity contribution in [2.45, 2.75) is 45.1 Å². The number of rotatable bonds is 3. The summed E-state index contributed by atoms with van der Waals surface area (Å²) in [5.41, 5.74) is 0.992. The highest BCUT2D eigenvalue weighted by Gasteiger charge is 2.35. The highest BCUT2D eigenvalue weighted by Crippen LogP contribution is 2.31. The van der Waals surface area contributed by atoms with Gasteiger partial charge < -0.3 is 10.4 Å². The zero-order valence-corrected chi connectivity index (χ0v) is 11.6. The van der Waals surface area contributed by atoms with Crippen molar-refractivity contribution in [3.63, 3.8) is 0 Å². The molecule has 0 unspecified atom stereocenters. The van der Waals surface area contributed by atoms with Gasteiger partial charge in [0.05, 0.1) is 17.7 Å². The molecular weight excluding hydrogens is 240 g/mol. The molecule has 1 amide bonds. The number of hydrogen-bond acceptors (Lipinski definition) is 3. The number of aryl methyl sites for hydroxylation is 1. The van der Waals surface area contributed by atoms with Crippen molar-refractivity contribution < 1.29 is 9.90 Å². The first-order chi connectivity index (χ1) is 9.04. The molecule has 2 N–H and O–H groups in total. The van der Waals surface area contributed by atoms with Crippen LogP contribution in [0.3, 0.4) is 0 Å². The Morgan fingerprint density at radius 2 is 2.16 bits per heavy atom. The summed E-state index contributed by atoms with van der Waals surface area (Å²) < 4.78 is 0. The number of carbonyl (C=O) groups is 1. The van der Waals surface area contributed by atoms with Gasteiger partial charge in [-0.1, -0.05) is 6.92 Å². The normalized spacial score (nSPS) is 27.0. The lowest BCUT2D eigenvalue weighted by atomic mass is 9.77. The molecule has 0 saturated heterocycles. The second kappa shape index (κ2) is 5.70. The molecule has 0 radical (unpaired) electrons. The molecule has 4 heteroatoms. The van der Waals surface area contributed by atoms with Crippen LogP contribution in [0.1, 0.15) is 48.7 Å². The van der Waals surface area contributed by atoms with E-state index in [1.54, 1.807) is 12.3 Å². The number of nitrogens with one attached hydrogen (secondary N) is 1. The standard InChI is InChI=1S/C15H22N2O2/c1-11-5-7-15(10-18,8-6-11)17-14(19)13-4-3-12(2)16-9-13/h3-4,9,11,18H,5-8,10H2,1-2H3,(H,17,19). The second-order valence-corrected chi connectivity index (χ2v) is 5.76. The molecular formula is C15H22N2O2. The SMILES string of the molecule is Cc1ccc(C(=O)NC2(CO)CCC(C)CC2)cn1. The van der Waals surface area contributed by atoms with Gasteiger partial charge in [-0.25, -0.2) is 0 Å². The number of aliphatic hydroxyl groups excluding tert-OH is 1. The molecule has 1 aliphatic carbocycles. The van der Waals surface area contributed by atoms with Gasteiger partial charge in [-0.2, -0.15) is 0 Å². The van der Waals surface area contributed by atoms with E-state index in [1.165, 1.54) is 0 Å². The van der Waals surface area contributed by atoms with Crippen LogP contribution in [0.2, 0.25) is 0 Å². The third kappa shape index (κ3) is 3.32. The number of nitrogens with zero attached hydrogens (tertiary/aromatic N) is 1. The van der Waals surface area contributed by atoms with E-state index in [0.29, 0.717) is 11.5 Å². The summed E-state index contributed by atoms with van der Waals surface area (Å²) in [6.07, 6.45) is 5.37. The average Bonchev–Trinajstić information content (AvgIpc) is 2.42. The first kappa shape index (κ1) is 14.0. The first-order valence-electron chi connectivity index (χ1n) is 6.91. The lowest BCUT2D eigenvalue weighted by molar-refractivity contribution is 0.0717. The van der Waals surface area contributed by atoms with Crippen molar-refractivity contribution in [1.82, 2.24) is 10.3 Å². The van der Waals surface area contributed by atoms with Crippen LogP contribution < -0.4 is 5.32 Å². The number of aliphatic hydroxyl groups is 1. The van der Waals surface area contributed by atoms with Crippen LogP contribution in [0.5, 0.6) is 0 Å². The van der Waals surface area contributed by atoms with Crippen LogP contribution in [0.15, 0.2) is 18.3 Å². The molecule has 1 saturated carbocycles. The van der Waals surface area contributed by atoms with Crippen LogP contribution in [-0.2, 0) is 0 Å². The van der Waals surface area contributed by atoms with Crippen LogP contribution in [0.25, 0.3) is 0 Å². The van der Waals surface area contributed by atoms with E-state index < -0.39 is 5.54 Å². The fraction of sp³-hybridized carbons (Fsp3) is 0.600. The molecule has 0 spiro atoms. The Bertz CT molecular complexity index is 434. The van der Waals surface area contributed by atoms with E-state index in [1.807, 2.05) is 13.0 Å². The maximum atomic E-state index is 12.2. The summed E-state index contributed by atoms with van der Waals surface area (Å²) in [4.78, 5) is 16.3. The quantitative estimate of drug-likeness (QED) is 0.876. The number of pyridine rings is 1. The van der Waals surface area contributed by atoms with Gasteiger partial charge in [0.25, 0.3) is 5.91 Å². The maximum absolute atomic E-state index is 12.2. The Balaban J connectivity index is 2.06. The van der Waals surface area contributed by atoms with Crippen molar-refractivity contribution in [1.29, 1.82) is 0 Å². The Morgan fingerprint density at radius 1 is 1.47 bits per heavy atom. The average molecular weight is 262 g/mol. The molecule has 1 aliphatic rings. The summed E-state index contributed by atoms with van der Waals surface area (Å²) in [7, 11) is 0. The Kier molecular flexibility index (Phi) is 4.20. The zero-order chi connectivity index (χ0) is 13.9. The predicted molar refractivity (Wildman–Crippen MR) is 73.9 cm³/mol. The highest BCUT2D eigenvalue weighted by molar-refractivity contribution is 5.94. The van der Waals surface area contributed by atoms with Gasteiger partial charge in [-0.3, -0.25) is 9.78 Å². The minimum absolute atomic E-state index is 0.00471. The predicted octanol–water partition coefficient (Wildman–Crippen LogP) is 2.06. The van der Waals surface area contributed by atoms with Gasteiger partial charge >= 0.3 is 0 Å². The minimum atomic E-state index is -0.450. The van der Waals surface area contributed by atoms with E-state index in [4.69, 9.17) is 0 Å². The number of aromatic nitrogens is 1. The molecule has 4 nitrogen and oxygen atoms in total. The van der Waals surface area contributed by atoms with Gasteiger partial charge in [0, 0.05) is 11.9 Å². The van der Waals surface area contributed by atoms with E-state index in [-0.39, 0.29) is 12.5 Å². The van der Waals surface area contributed by atoms with Crippen molar-refractivity contribution in [3.05, 3.63) is 29.6 Å². The second-order valence-electron chi connectivity index (χ2n) is 5.76. The van der Waals surface area contributed by atoms with E-state index in [9.17, 15) is 9.90 Å². The number of carbonyl (C=O) groups excluding carboxylic acids is 1. The molecule has 19 heavy (non-hydrogen) atoms. The Labute approximate surface area is 114 Å². The van der Waals surface area contributed by atoms with Crippen LogP contribution >= 0.6 is 0 Å². The maximum Gasteiger partial charge on any atom is 0.253 e. The largest absolute Gasteiger partial charge is 0.394 e. The molecule has 104 valence electrons. The van der Waals surface area contributed by atoms with Gasteiger partial charge in [-0.15, -0.1) is 0 Å². The molecule has 0 aliphatic heterocycles. The monoisotopic (exact) mass is 262 g/mol. The van der Waals surface area contributed by atoms with Crippen LogP contribution in [0.4, 0.5) is 0 Å². The summed E-state index contributed by atoms with van der Waals surface area (Å²) in [5.74, 6) is 0.536. The topological polar surface area (TPSA) is 62.2 Å². The van der Waals surface area contributed by atoms with Crippen molar-refractivity contribution in [2.24, 2.45) is 5.92 Å². The van der Waals surface area contributed by atoms with Crippen molar-refractivity contribution in [3.8, 4) is 0 Å². The van der Waals surface area contributed by atoms with E-state index >= 15 is 0 Å². The molecule has 1 aromatic heterocycles. The summed E-state index contributed by atoms with van der Waals surface area (Å²) in [5, 5.41) is 12.6.